The Morgan fingerprint density at radius 3 is 2.71 bits per heavy atom. The van der Waals surface area contributed by atoms with Gasteiger partial charge in [-0.25, -0.2) is 0 Å². The first kappa shape index (κ1) is 19.0. The van der Waals surface area contributed by atoms with Crippen molar-refractivity contribution in [1.29, 1.82) is 0 Å². The van der Waals surface area contributed by atoms with Crippen molar-refractivity contribution in [2.24, 2.45) is 0 Å². The summed E-state index contributed by atoms with van der Waals surface area (Å²) >= 11 is 0. The molecule has 0 aliphatic carbocycles. The molecule has 0 spiro atoms. The number of rotatable bonds is 6. The number of hydrogen-bond donors (Lipinski definition) is 1. The number of nitrogens with one attached hydrogen (secondary N) is 1. The lowest BCUT2D eigenvalue weighted by molar-refractivity contribution is 0.0949. The summed E-state index contributed by atoms with van der Waals surface area (Å²) in [6.45, 7) is 4.45. The molecule has 150 valence electrons. The van der Waals surface area contributed by atoms with Gasteiger partial charge in [0.05, 0.1) is 13.2 Å². The van der Waals surface area contributed by atoms with Crippen molar-refractivity contribution < 1.29 is 14.1 Å². The molecule has 7 heteroatoms. The van der Waals surface area contributed by atoms with Gasteiger partial charge in [-0.3, -0.25) is 4.79 Å². The molecule has 0 radical (unpaired) electrons. The second-order valence-electron chi connectivity index (χ2n) is 7.50. The Kier molecular flexibility index (Phi) is 5.92. The van der Waals surface area contributed by atoms with Crippen LogP contribution in [0.5, 0.6) is 0 Å². The summed E-state index contributed by atoms with van der Waals surface area (Å²) in [7, 11) is 2.16. The Bertz CT molecular complexity index is 786. The highest BCUT2D eigenvalue weighted by molar-refractivity contribution is 6.04. The monoisotopic (exact) mass is 384 g/mol. The Balaban J connectivity index is 1.53. The molecular weight excluding hydrogens is 356 g/mol. The largest absolute Gasteiger partial charge is 0.378 e. The van der Waals surface area contributed by atoms with Gasteiger partial charge in [-0.15, -0.1) is 0 Å². The lowest BCUT2D eigenvalue weighted by Gasteiger charge is -2.27. The van der Waals surface area contributed by atoms with Crippen molar-refractivity contribution in [3.05, 3.63) is 35.9 Å². The van der Waals surface area contributed by atoms with Crippen LogP contribution in [-0.2, 0) is 4.74 Å². The molecule has 0 bridgehead atoms. The van der Waals surface area contributed by atoms with E-state index < -0.39 is 0 Å². The van der Waals surface area contributed by atoms with E-state index in [1.165, 1.54) is 12.8 Å². The normalized spacial score (nSPS) is 20.5. The molecule has 1 N–H and O–H groups in total. The Hall–Kier alpha value is -2.38. The van der Waals surface area contributed by atoms with Crippen LogP contribution in [0.2, 0.25) is 0 Å². The number of anilines is 1. The van der Waals surface area contributed by atoms with Crippen molar-refractivity contribution in [2.75, 3.05) is 51.3 Å². The molecule has 7 nitrogen and oxygen atoms in total. The van der Waals surface area contributed by atoms with E-state index >= 15 is 0 Å². The highest BCUT2D eigenvalue weighted by Gasteiger charge is 2.29. The molecule has 4 rings (SSSR count). The van der Waals surface area contributed by atoms with Crippen LogP contribution in [-0.4, -0.2) is 68.4 Å². The van der Waals surface area contributed by atoms with Gasteiger partial charge in [0, 0.05) is 31.2 Å². The predicted octanol–water partition coefficient (Wildman–Crippen LogP) is 2.39. The van der Waals surface area contributed by atoms with E-state index in [1.807, 2.05) is 30.3 Å². The Labute approximate surface area is 165 Å². The van der Waals surface area contributed by atoms with Gasteiger partial charge >= 0.3 is 0 Å². The second kappa shape index (κ2) is 8.75. The van der Waals surface area contributed by atoms with Crippen LogP contribution in [0.3, 0.4) is 0 Å². The zero-order valence-electron chi connectivity index (χ0n) is 16.4. The highest BCUT2D eigenvalue weighted by atomic mass is 16.5. The van der Waals surface area contributed by atoms with E-state index in [1.54, 1.807) is 0 Å². The third-order valence-corrected chi connectivity index (χ3v) is 5.68. The van der Waals surface area contributed by atoms with E-state index in [-0.39, 0.29) is 5.91 Å². The van der Waals surface area contributed by atoms with Gasteiger partial charge in [0.2, 0.25) is 0 Å². The van der Waals surface area contributed by atoms with Crippen molar-refractivity contribution >= 4 is 11.7 Å². The molecule has 2 aromatic rings. The average Bonchev–Trinajstić information content (AvgIpc) is 3.36. The summed E-state index contributed by atoms with van der Waals surface area (Å²) < 4.78 is 11.1. The van der Waals surface area contributed by atoms with Crippen molar-refractivity contribution in [1.82, 2.24) is 15.4 Å². The van der Waals surface area contributed by atoms with Gasteiger partial charge in [0.15, 0.2) is 11.6 Å². The van der Waals surface area contributed by atoms with Gasteiger partial charge in [-0.1, -0.05) is 35.5 Å². The van der Waals surface area contributed by atoms with Crippen molar-refractivity contribution in [3.8, 4) is 11.3 Å². The number of ether oxygens (including phenoxy) is 1. The second-order valence-corrected chi connectivity index (χ2v) is 7.50. The standard InChI is InChI=1S/C21H28N4O3/c1-24-11-5-8-17(24)9-10-22-21(26)18-19(16-6-3-2-4-7-16)28-23-20(18)25-12-14-27-15-13-25/h2-4,6-7,17H,5,8-15H2,1H3,(H,22,26). The summed E-state index contributed by atoms with van der Waals surface area (Å²) in [5, 5.41) is 7.36. The van der Waals surface area contributed by atoms with E-state index in [2.05, 4.69) is 27.3 Å². The lowest BCUT2D eigenvalue weighted by Crippen LogP contribution is -2.38. The van der Waals surface area contributed by atoms with E-state index in [4.69, 9.17) is 9.26 Å². The molecule has 1 atom stereocenters. The van der Waals surface area contributed by atoms with E-state index in [0.29, 0.717) is 56.0 Å². The minimum atomic E-state index is -0.123. The number of morpholine rings is 1. The summed E-state index contributed by atoms with van der Waals surface area (Å²) in [5.74, 6) is 1.01. The smallest absolute Gasteiger partial charge is 0.259 e. The number of carbonyl (C=O) groups is 1. The molecular formula is C21H28N4O3. The number of nitrogens with zero attached hydrogens (tertiary/aromatic N) is 3. The highest BCUT2D eigenvalue weighted by Crippen LogP contribution is 2.31. The van der Waals surface area contributed by atoms with Crippen LogP contribution in [0.15, 0.2) is 34.9 Å². The summed E-state index contributed by atoms with van der Waals surface area (Å²) in [6, 6.07) is 10.2. The van der Waals surface area contributed by atoms with Crippen LogP contribution in [0.25, 0.3) is 11.3 Å². The van der Waals surface area contributed by atoms with Crippen LogP contribution in [0, 0.1) is 0 Å². The fraction of sp³-hybridized carbons (Fsp3) is 0.524. The van der Waals surface area contributed by atoms with Gasteiger partial charge in [0.1, 0.15) is 5.56 Å². The minimum absolute atomic E-state index is 0.123. The van der Waals surface area contributed by atoms with Gasteiger partial charge in [0.25, 0.3) is 5.91 Å². The maximum atomic E-state index is 13.1. The van der Waals surface area contributed by atoms with Crippen LogP contribution in [0.4, 0.5) is 5.82 Å². The number of likely N-dealkylation sites (tertiary alicyclic amines) is 1. The van der Waals surface area contributed by atoms with Crippen LogP contribution >= 0.6 is 0 Å². The summed E-state index contributed by atoms with van der Waals surface area (Å²) in [4.78, 5) is 17.6. The molecule has 1 unspecified atom stereocenters. The first-order chi connectivity index (χ1) is 13.7. The number of aromatic nitrogens is 1. The van der Waals surface area contributed by atoms with Crippen LogP contribution < -0.4 is 10.2 Å². The van der Waals surface area contributed by atoms with Crippen molar-refractivity contribution in [3.63, 3.8) is 0 Å². The number of hydrogen-bond acceptors (Lipinski definition) is 6. The number of amides is 1. The average molecular weight is 384 g/mol. The Morgan fingerprint density at radius 2 is 2.00 bits per heavy atom. The van der Waals surface area contributed by atoms with E-state index in [9.17, 15) is 4.79 Å². The fourth-order valence-corrected chi connectivity index (χ4v) is 4.05. The van der Waals surface area contributed by atoms with Gasteiger partial charge < -0.3 is 24.4 Å². The molecule has 2 saturated heterocycles. The molecule has 1 aromatic carbocycles. The summed E-state index contributed by atoms with van der Waals surface area (Å²) in [6.07, 6.45) is 3.40. The molecule has 2 aliphatic heterocycles. The molecule has 3 heterocycles. The third-order valence-electron chi connectivity index (χ3n) is 5.68. The van der Waals surface area contributed by atoms with Gasteiger partial charge in [-0.2, -0.15) is 0 Å². The Morgan fingerprint density at radius 1 is 1.21 bits per heavy atom. The molecule has 0 saturated carbocycles. The van der Waals surface area contributed by atoms with Crippen molar-refractivity contribution in [2.45, 2.75) is 25.3 Å². The first-order valence-electron chi connectivity index (χ1n) is 10.1. The maximum absolute atomic E-state index is 13.1. The topological polar surface area (TPSA) is 70.8 Å². The van der Waals surface area contributed by atoms with Gasteiger partial charge in [-0.05, 0) is 32.9 Å². The molecule has 2 aliphatic rings. The maximum Gasteiger partial charge on any atom is 0.259 e. The lowest BCUT2D eigenvalue weighted by atomic mass is 10.1. The summed E-state index contributed by atoms with van der Waals surface area (Å²) in [5.41, 5.74) is 1.38. The molecule has 1 amide bonds. The fourth-order valence-electron chi connectivity index (χ4n) is 4.05. The van der Waals surface area contributed by atoms with E-state index in [0.717, 1.165) is 18.5 Å². The zero-order valence-corrected chi connectivity index (χ0v) is 16.4. The number of benzene rings is 1. The predicted molar refractivity (Wildman–Crippen MR) is 108 cm³/mol. The van der Waals surface area contributed by atoms with Crippen LogP contribution in [0.1, 0.15) is 29.6 Å². The molecule has 1 aromatic heterocycles. The number of carbonyl (C=O) groups excluding carboxylic acids is 1. The molecule has 2 fully saturated rings. The first-order valence-corrected chi connectivity index (χ1v) is 10.1. The third kappa shape index (κ3) is 4.05. The minimum Gasteiger partial charge on any atom is -0.378 e. The SMILES string of the molecule is CN1CCCC1CCNC(=O)c1c(N2CCOCC2)noc1-c1ccccc1. The quantitative estimate of drug-likeness (QED) is 0.825. The molecule has 28 heavy (non-hydrogen) atoms. The zero-order chi connectivity index (χ0) is 19.3.